The van der Waals surface area contributed by atoms with Gasteiger partial charge in [-0.05, 0) is 25.8 Å². The summed E-state index contributed by atoms with van der Waals surface area (Å²) in [5.74, 6) is 0.159. The summed E-state index contributed by atoms with van der Waals surface area (Å²) in [6.45, 7) is 2.38. The van der Waals surface area contributed by atoms with Gasteiger partial charge in [0.05, 0.1) is 12.7 Å². The van der Waals surface area contributed by atoms with Gasteiger partial charge in [0.15, 0.2) is 5.69 Å². The van der Waals surface area contributed by atoms with E-state index in [9.17, 15) is 18.0 Å². The molecular formula is C15H15F3N4O3. The van der Waals surface area contributed by atoms with Crippen LogP contribution in [0.4, 0.5) is 13.2 Å². The number of halogens is 3. The third kappa shape index (κ3) is 3.89. The second kappa shape index (κ2) is 6.69. The first-order valence-corrected chi connectivity index (χ1v) is 7.62. The van der Waals surface area contributed by atoms with Crippen molar-refractivity contribution in [2.75, 3.05) is 13.1 Å². The minimum absolute atomic E-state index is 0.225. The number of nitrogens with zero attached hydrogens (tertiary/aromatic N) is 4. The molecule has 1 fully saturated rings. The second-order valence-corrected chi connectivity index (χ2v) is 5.65. The largest absolute Gasteiger partial charge is 0.458 e. The Balaban J connectivity index is 1.68. The summed E-state index contributed by atoms with van der Waals surface area (Å²) in [7, 11) is 0. The molecule has 0 N–H and O–H groups in total. The van der Waals surface area contributed by atoms with Crippen LogP contribution in [0.25, 0.3) is 0 Å². The number of likely N-dealkylation sites (tertiary alicyclic amines) is 1. The third-order valence-corrected chi connectivity index (χ3v) is 3.84. The van der Waals surface area contributed by atoms with Gasteiger partial charge in [-0.1, -0.05) is 5.16 Å². The van der Waals surface area contributed by atoms with Crippen molar-refractivity contribution in [2.24, 2.45) is 0 Å². The molecule has 3 heterocycles. The maximum absolute atomic E-state index is 12.7. The molecule has 134 valence electrons. The van der Waals surface area contributed by atoms with E-state index in [1.807, 2.05) is 0 Å². The Hall–Kier alpha value is -2.65. The summed E-state index contributed by atoms with van der Waals surface area (Å²) in [4.78, 5) is 21.1. The maximum Gasteiger partial charge on any atom is 0.433 e. The Morgan fingerprint density at radius 3 is 2.92 bits per heavy atom. The molecule has 0 saturated carbocycles. The molecule has 0 aliphatic carbocycles. The Morgan fingerprint density at radius 2 is 2.24 bits per heavy atom. The summed E-state index contributed by atoms with van der Waals surface area (Å²) in [5, 5.41) is 3.58. The Kier molecular flexibility index (Phi) is 4.60. The van der Waals surface area contributed by atoms with E-state index < -0.39 is 18.0 Å². The number of piperidine rings is 1. The lowest BCUT2D eigenvalue weighted by atomic mass is 10.1. The summed E-state index contributed by atoms with van der Waals surface area (Å²) in [6.07, 6.45) is -1.47. The highest BCUT2D eigenvalue weighted by Crippen LogP contribution is 2.28. The van der Waals surface area contributed by atoms with Crippen LogP contribution in [0.5, 0.6) is 6.01 Å². The Morgan fingerprint density at radius 1 is 1.44 bits per heavy atom. The molecule has 10 heteroatoms. The van der Waals surface area contributed by atoms with Crippen molar-refractivity contribution in [1.82, 2.24) is 20.0 Å². The maximum atomic E-state index is 12.7. The van der Waals surface area contributed by atoms with Crippen LogP contribution in [0, 0.1) is 6.92 Å². The standard InChI is InChI=1S/C15H15F3N4O3/c1-9-11(7-20-25-9)13(23)22-6-2-3-10(8-22)24-14-19-5-4-12(21-14)15(16,17)18/h4-5,7,10H,2-3,6,8H2,1H3. The average Bonchev–Trinajstić information content (AvgIpc) is 3.00. The first-order chi connectivity index (χ1) is 11.8. The van der Waals surface area contributed by atoms with Gasteiger partial charge in [0.2, 0.25) is 0 Å². The van der Waals surface area contributed by atoms with Gasteiger partial charge >= 0.3 is 12.2 Å². The SMILES string of the molecule is Cc1oncc1C(=O)N1CCCC(Oc2nccc(C(F)(F)F)n2)C1. The number of hydrogen-bond donors (Lipinski definition) is 0. The molecule has 2 aromatic rings. The van der Waals surface area contributed by atoms with Crippen molar-refractivity contribution in [2.45, 2.75) is 32.0 Å². The Bertz CT molecular complexity index is 762. The molecule has 1 atom stereocenters. The smallest absolute Gasteiger partial charge is 0.433 e. The number of ether oxygens (including phenoxy) is 1. The third-order valence-electron chi connectivity index (χ3n) is 3.84. The van der Waals surface area contributed by atoms with Gasteiger partial charge in [0.25, 0.3) is 5.91 Å². The normalized spacial score (nSPS) is 18.2. The molecule has 1 aliphatic rings. The van der Waals surface area contributed by atoms with Crippen molar-refractivity contribution >= 4 is 5.91 Å². The van der Waals surface area contributed by atoms with Crippen LogP contribution in [-0.4, -0.2) is 45.1 Å². The molecule has 3 rings (SSSR count). The lowest BCUT2D eigenvalue weighted by Gasteiger charge is -2.32. The number of amides is 1. The monoisotopic (exact) mass is 356 g/mol. The Labute approximate surface area is 140 Å². The lowest BCUT2D eigenvalue weighted by Crippen LogP contribution is -2.44. The van der Waals surface area contributed by atoms with Crippen LogP contribution in [0.15, 0.2) is 23.0 Å². The van der Waals surface area contributed by atoms with Crippen molar-refractivity contribution < 1.29 is 27.2 Å². The zero-order valence-electron chi connectivity index (χ0n) is 13.3. The molecule has 25 heavy (non-hydrogen) atoms. The quantitative estimate of drug-likeness (QED) is 0.840. The van der Waals surface area contributed by atoms with E-state index >= 15 is 0 Å². The molecule has 1 amide bonds. The van der Waals surface area contributed by atoms with Crippen molar-refractivity contribution in [3.63, 3.8) is 0 Å². The molecule has 1 saturated heterocycles. The molecule has 7 nitrogen and oxygen atoms in total. The van der Waals surface area contributed by atoms with Gasteiger partial charge in [-0.15, -0.1) is 0 Å². The number of aromatic nitrogens is 3. The first kappa shape index (κ1) is 17.2. The number of carbonyl (C=O) groups is 1. The van der Waals surface area contributed by atoms with Crippen molar-refractivity contribution in [3.8, 4) is 6.01 Å². The molecule has 0 radical (unpaired) electrons. The van der Waals surface area contributed by atoms with Gasteiger partial charge in [-0.2, -0.15) is 18.2 Å². The molecule has 2 aromatic heterocycles. The predicted molar refractivity (Wildman–Crippen MR) is 77.8 cm³/mol. The first-order valence-electron chi connectivity index (χ1n) is 7.62. The van der Waals surface area contributed by atoms with Gasteiger partial charge in [-0.3, -0.25) is 4.79 Å². The summed E-state index contributed by atoms with van der Waals surface area (Å²) >= 11 is 0. The van der Waals surface area contributed by atoms with Crippen molar-refractivity contribution in [1.29, 1.82) is 0 Å². The number of aryl methyl sites for hydroxylation is 1. The van der Waals surface area contributed by atoms with E-state index in [-0.39, 0.29) is 18.5 Å². The molecular weight excluding hydrogens is 341 g/mol. The fraction of sp³-hybridized carbons (Fsp3) is 0.467. The lowest BCUT2D eigenvalue weighted by molar-refractivity contribution is -0.141. The highest BCUT2D eigenvalue weighted by Gasteiger charge is 2.34. The highest BCUT2D eigenvalue weighted by molar-refractivity contribution is 5.94. The topological polar surface area (TPSA) is 81.4 Å². The van der Waals surface area contributed by atoms with E-state index in [1.54, 1.807) is 11.8 Å². The summed E-state index contributed by atoms with van der Waals surface area (Å²) in [6, 6.07) is 0.424. The van der Waals surface area contributed by atoms with E-state index in [1.165, 1.54) is 6.20 Å². The highest BCUT2D eigenvalue weighted by atomic mass is 19.4. The van der Waals surface area contributed by atoms with Crippen LogP contribution < -0.4 is 4.74 Å². The van der Waals surface area contributed by atoms with E-state index in [2.05, 4.69) is 15.1 Å². The number of carbonyl (C=O) groups excluding carboxylic acids is 1. The number of alkyl halides is 3. The van der Waals surface area contributed by atoms with Crippen LogP contribution >= 0.6 is 0 Å². The molecule has 0 spiro atoms. The van der Waals surface area contributed by atoms with Gasteiger partial charge in [-0.25, -0.2) is 4.98 Å². The van der Waals surface area contributed by atoms with E-state index in [0.29, 0.717) is 30.7 Å². The van der Waals surface area contributed by atoms with Crippen LogP contribution in [0.2, 0.25) is 0 Å². The zero-order chi connectivity index (χ0) is 18.0. The molecule has 0 aromatic carbocycles. The fourth-order valence-corrected chi connectivity index (χ4v) is 2.60. The number of hydrogen-bond acceptors (Lipinski definition) is 6. The minimum Gasteiger partial charge on any atom is -0.458 e. The van der Waals surface area contributed by atoms with Crippen LogP contribution in [0.1, 0.15) is 34.7 Å². The van der Waals surface area contributed by atoms with Crippen LogP contribution in [-0.2, 0) is 6.18 Å². The summed E-state index contributed by atoms with van der Waals surface area (Å²) < 4.78 is 48.4. The second-order valence-electron chi connectivity index (χ2n) is 5.65. The fourth-order valence-electron chi connectivity index (χ4n) is 2.60. The van der Waals surface area contributed by atoms with Crippen LogP contribution in [0.3, 0.4) is 0 Å². The van der Waals surface area contributed by atoms with E-state index in [4.69, 9.17) is 9.26 Å². The molecule has 1 aliphatic heterocycles. The van der Waals surface area contributed by atoms with E-state index in [0.717, 1.165) is 12.3 Å². The van der Waals surface area contributed by atoms with Gasteiger partial charge < -0.3 is 14.2 Å². The zero-order valence-corrected chi connectivity index (χ0v) is 13.3. The minimum atomic E-state index is -4.57. The van der Waals surface area contributed by atoms with Gasteiger partial charge in [0.1, 0.15) is 17.4 Å². The molecule has 0 bridgehead atoms. The molecule has 1 unspecified atom stereocenters. The predicted octanol–water partition coefficient (Wildman–Crippen LogP) is 2.48. The van der Waals surface area contributed by atoms with Gasteiger partial charge in [0, 0.05) is 12.7 Å². The summed E-state index contributed by atoms with van der Waals surface area (Å²) in [5.41, 5.74) is -0.711. The number of rotatable bonds is 3. The van der Waals surface area contributed by atoms with Crippen molar-refractivity contribution in [3.05, 3.63) is 35.5 Å². The average molecular weight is 356 g/mol.